The zero-order valence-electron chi connectivity index (χ0n) is 15.6. The average molecular weight is 420 g/mol. The number of anilines is 1. The number of aliphatic hydroxyl groups is 2. The predicted molar refractivity (Wildman–Crippen MR) is 101 cm³/mol. The van der Waals surface area contributed by atoms with Crippen LogP contribution in [0.5, 0.6) is 0 Å². The predicted octanol–water partition coefficient (Wildman–Crippen LogP) is 2.30. The second kappa shape index (κ2) is 8.97. The molecule has 2 aromatic heterocycles. The Morgan fingerprint density at radius 1 is 1.46 bits per heavy atom. The van der Waals surface area contributed by atoms with E-state index in [0.717, 1.165) is 12.8 Å². The number of rotatable bonds is 5. The van der Waals surface area contributed by atoms with Gasteiger partial charge in [-0.1, -0.05) is 11.6 Å². The van der Waals surface area contributed by atoms with Crippen LogP contribution in [-0.2, 0) is 4.79 Å². The molecule has 1 aliphatic carbocycles. The van der Waals surface area contributed by atoms with Gasteiger partial charge in [-0.25, -0.2) is 18.7 Å². The van der Waals surface area contributed by atoms with E-state index in [0.29, 0.717) is 23.3 Å². The second-order valence-corrected chi connectivity index (χ2v) is 7.54. The average Bonchev–Trinajstić information content (AvgIpc) is 3.17. The Morgan fingerprint density at radius 2 is 2.11 bits per heavy atom. The minimum atomic E-state index is -2.48. The van der Waals surface area contributed by atoms with Gasteiger partial charge in [-0.15, -0.1) is 0 Å². The number of aromatic nitrogens is 3. The summed E-state index contributed by atoms with van der Waals surface area (Å²) in [7, 11) is 0. The van der Waals surface area contributed by atoms with Crippen molar-refractivity contribution in [3.05, 3.63) is 17.5 Å². The van der Waals surface area contributed by atoms with Gasteiger partial charge in [0.15, 0.2) is 11.4 Å². The highest BCUT2D eigenvalue weighted by Gasteiger charge is 2.30. The van der Waals surface area contributed by atoms with Crippen molar-refractivity contribution in [2.45, 2.75) is 51.4 Å². The summed E-state index contributed by atoms with van der Waals surface area (Å²) in [5.41, 5.74) is 6.78. The Balaban J connectivity index is 0.000000500. The van der Waals surface area contributed by atoms with Crippen molar-refractivity contribution in [3.63, 3.8) is 0 Å². The zero-order chi connectivity index (χ0) is 21.1. The number of carbonyl (C=O) groups excluding carboxylic acids is 1. The van der Waals surface area contributed by atoms with E-state index in [2.05, 4.69) is 15.3 Å². The Hall–Kier alpha value is -2.04. The summed E-state index contributed by atoms with van der Waals surface area (Å²) < 4.78 is 26.7. The van der Waals surface area contributed by atoms with E-state index in [1.807, 2.05) is 4.57 Å². The molecule has 0 aromatic carbocycles. The SMILES string of the molecule is CC(C)(O)O.NC(=O)[C@@H]1CC[C@H](n2cnc3c(NCC(F)F)cc(Cl)nc32)C1. The number of carbonyl (C=O) groups is 1. The molecular weight excluding hydrogens is 396 g/mol. The minimum absolute atomic E-state index is 0.0476. The smallest absolute Gasteiger partial charge is 0.255 e. The van der Waals surface area contributed by atoms with E-state index in [9.17, 15) is 13.6 Å². The Labute approximate surface area is 165 Å². The van der Waals surface area contributed by atoms with Crippen LogP contribution < -0.4 is 11.1 Å². The van der Waals surface area contributed by atoms with E-state index < -0.39 is 18.8 Å². The fraction of sp³-hybridized carbons (Fsp3) is 0.588. The molecule has 3 rings (SSSR count). The van der Waals surface area contributed by atoms with Gasteiger partial charge < -0.3 is 25.8 Å². The van der Waals surface area contributed by atoms with Gasteiger partial charge in [0.1, 0.15) is 10.7 Å². The highest BCUT2D eigenvalue weighted by molar-refractivity contribution is 6.30. The van der Waals surface area contributed by atoms with Crippen molar-refractivity contribution in [2.75, 3.05) is 11.9 Å². The molecule has 0 aliphatic heterocycles. The summed E-state index contributed by atoms with van der Waals surface area (Å²) in [6.45, 7) is 2.11. The zero-order valence-corrected chi connectivity index (χ0v) is 16.3. The molecule has 8 nitrogen and oxygen atoms in total. The van der Waals surface area contributed by atoms with Crippen molar-refractivity contribution >= 4 is 34.4 Å². The number of nitrogens with two attached hydrogens (primary N) is 1. The lowest BCUT2D eigenvalue weighted by molar-refractivity contribution is -0.127. The molecule has 0 radical (unpaired) electrons. The lowest BCUT2D eigenvalue weighted by Gasteiger charge is -2.13. The van der Waals surface area contributed by atoms with Crippen molar-refractivity contribution in [2.24, 2.45) is 11.7 Å². The quantitative estimate of drug-likeness (QED) is 0.435. The van der Waals surface area contributed by atoms with Gasteiger partial charge >= 0.3 is 0 Å². The van der Waals surface area contributed by atoms with Crippen LogP contribution in [-0.4, -0.2) is 49.4 Å². The van der Waals surface area contributed by atoms with Gasteiger partial charge in [0, 0.05) is 18.0 Å². The van der Waals surface area contributed by atoms with Crippen LogP contribution in [0.3, 0.4) is 0 Å². The first-order valence-corrected chi connectivity index (χ1v) is 9.12. The minimum Gasteiger partial charge on any atom is -0.377 e. The molecular formula is C17H24ClF2N5O3. The van der Waals surface area contributed by atoms with Crippen LogP contribution in [0.1, 0.15) is 39.2 Å². The van der Waals surface area contributed by atoms with E-state index >= 15 is 0 Å². The first-order valence-electron chi connectivity index (χ1n) is 8.75. The normalized spacial score (nSPS) is 19.6. The van der Waals surface area contributed by atoms with E-state index in [1.165, 1.54) is 19.9 Å². The topological polar surface area (TPSA) is 126 Å². The number of nitrogens with zero attached hydrogens (tertiary/aromatic N) is 3. The summed E-state index contributed by atoms with van der Waals surface area (Å²) in [5, 5.41) is 19.0. The molecule has 156 valence electrons. The summed E-state index contributed by atoms with van der Waals surface area (Å²) in [4.78, 5) is 19.8. The summed E-state index contributed by atoms with van der Waals surface area (Å²) in [5.74, 6) is -1.96. The van der Waals surface area contributed by atoms with Crippen LogP contribution in [0.25, 0.3) is 11.2 Å². The number of alkyl halides is 2. The van der Waals surface area contributed by atoms with Gasteiger partial charge in [-0.3, -0.25) is 4.79 Å². The van der Waals surface area contributed by atoms with Gasteiger partial charge in [0.25, 0.3) is 6.43 Å². The standard InChI is InChI=1S/C14H16ClF2N5O.C3H8O2/c15-10-4-9(19-5-11(16)17)12-14(21-10)22(6-20-12)8-2-1-7(3-8)13(18)23;1-3(2,4)5/h4,6-8,11H,1-3,5H2,(H2,18,23)(H,19,21);4-5H,1-2H3/t7-,8+;/m1./s1. The first-order chi connectivity index (χ1) is 13.0. The van der Waals surface area contributed by atoms with Crippen LogP contribution >= 0.6 is 11.6 Å². The van der Waals surface area contributed by atoms with Crippen molar-refractivity contribution in [3.8, 4) is 0 Å². The molecule has 2 heterocycles. The number of imidazole rings is 1. The number of hydrogen-bond acceptors (Lipinski definition) is 6. The van der Waals surface area contributed by atoms with Crippen molar-refractivity contribution in [1.82, 2.24) is 14.5 Å². The van der Waals surface area contributed by atoms with Gasteiger partial charge in [-0.2, -0.15) is 0 Å². The third-order valence-electron chi connectivity index (χ3n) is 4.15. The number of hydrogen-bond donors (Lipinski definition) is 4. The maximum Gasteiger partial charge on any atom is 0.255 e. The molecule has 1 fully saturated rings. The largest absolute Gasteiger partial charge is 0.377 e. The lowest BCUT2D eigenvalue weighted by Crippen LogP contribution is -2.21. The molecule has 0 saturated heterocycles. The van der Waals surface area contributed by atoms with Crippen LogP contribution in [0.15, 0.2) is 12.4 Å². The molecule has 1 amide bonds. The van der Waals surface area contributed by atoms with Crippen molar-refractivity contribution in [1.29, 1.82) is 0 Å². The number of pyridine rings is 1. The lowest BCUT2D eigenvalue weighted by atomic mass is 10.1. The van der Waals surface area contributed by atoms with E-state index in [-0.39, 0.29) is 23.0 Å². The fourth-order valence-electron chi connectivity index (χ4n) is 3.03. The summed E-state index contributed by atoms with van der Waals surface area (Å²) in [6, 6.07) is 1.52. The van der Waals surface area contributed by atoms with Crippen molar-refractivity contribution < 1.29 is 23.8 Å². The second-order valence-electron chi connectivity index (χ2n) is 7.15. The number of amides is 1. The first kappa shape index (κ1) is 22.3. The van der Waals surface area contributed by atoms with Crippen LogP contribution in [0, 0.1) is 5.92 Å². The van der Waals surface area contributed by atoms with Gasteiger partial charge in [0.2, 0.25) is 5.91 Å². The highest BCUT2D eigenvalue weighted by atomic mass is 35.5. The molecule has 2 atom stereocenters. The molecule has 5 N–H and O–H groups in total. The molecule has 1 saturated carbocycles. The Bertz CT molecular complexity index is 819. The van der Waals surface area contributed by atoms with E-state index in [1.54, 1.807) is 6.33 Å². The Kier molecular flexibility index (Phi) is 7.13. The molecule has 0 unspecified atom stereocenters. The molecule has 2 aromatic rings. The molecule has 28 heavy (non-hydrogen) atoms. The van der Waals surface area contributed by atoms with Crippen LogP contribution in [0.2, 0.25) is 5.15 Å². The number of fused-ring (bicyclic) bond motifs is 1. The fourth-order valence-corrected chi connectivity index (χ4v) is 3.22. The molecule has 0 spiro atoms. The summed E-state index contributed by atoms with van der Waals surface area (Å²) in [6.07, 6.45) is 1.25. The number of halogens is 3. The maximum atomic E-state index is 12.4. The number of nitrogens with one attached hydrogen (secondary N) is 1. The monoisotopic (exact) mass is 419 g/mol. The Morgan fingerprint density at radius 3 is 2.64 bits per heavy atom. The molecule has 0 bridgehead atoms. The third kappa shape index (κ3) is 6.25. The molecule has 1 aliphatic rings. The highest BCUT2D eigenvalue weighted by Crippen LogP contribution is 2.37. The maximum absolute atomic E-state index is 12.4. The van der Waals surface area contributed by atoms with Crippen LogP contribution in [0.4, 0.5) is 14.5 Å². The van der Waals surface area contributed by atoms with Gasteiger partial charge in [-0.05, 0) is 33.1 Å². The molecule has 11 heteroatoms. The third-order valence-corrected chi connectivity index (χ3v) is 4.34. The number of primary amides is 1. The van der Waals surface area contributed by atoms with E-state index in [4.69, 9.17) is 27.5 Å². The van der Waals surface area contributed by atoms with Gasteiger partial charge in [0.05, 0.1) is 18.6 Å². The summed E-state index contributed by atoms with van der Waals surface area (Å²) >= 11 is 6.00.